The summed E-state index contributed by atoms with van der Waals surface area (Å²) in [6.45, 7) is 0.162. The van der Waals surface area contributed by atoms with E-state index in [0.29, 0.717) is 10.7 Å². The van der Waals surface area contributed by atoms with Gasteiger partial charge in [0.15, 0.2) is 0 Å². The first-order valence-corrected chi connectivity index (χ1v) is 8.25. The van der Waals surface area contributed by atoms with Crippen LogP contribution in [0.3, 0.4) is 0 Å². The fourth-order valence-corrected chi connectivity index (χ4v) is 2.73. The molecular formula is C17H14ClN3OS. The van der Waals surface area contributed by atoms with Gasteiger partial charge in [0.05, 0.1) is 5.69 Å². The molecule has 3 rings (SSSR count). The van der Waals surface area contributed by atoms with Crippen LogP contribution in [0.2, 0.25) is 5.02 Å². The van der Waals surface area contributed by atoms with E-state index in [9.17, 15) is 4.79 Å². The standard InChI is InChI=1S/C17H14ClN3OS/c18-13-3-5-14(6-4-13)19-17(22)12-21-10-9-15(20-21)7-8-16-2-1-11-23-16/h1-11H,12H2,(H,19,22). The zero-order valence-electron chi connectivity index (χ0n) is 12.1. The molecule has 3 aromatic rings. The SMILES string of the molecule is O=C(Cn1ccc(C=Cc2cccs2)n1)Nc1ccc(Cl)cc1. The molecule has 0 atom stereocenters. The van der Waals surface area contributed by atoms with E-state index in [0.717, 1.165) is 5.69 Å². The van der Waals surface area contributed by atoms with Crippen LogP contribution in [0.4, 0.5) is 5.69 Å². The molecule has 0 spiro atoms. The minimum Gasteiger partial charge on any atom is -0.324 e. The molecule has 0 bridgehead atoms. The average Bonchev–Trinajstić information content (AvgIpc) is 3.19. The summed E-state index contributed by atoms with van der Waals surface area (Å²) in [4.78, 5) is 13.2. The summed E-state index contributed by atoms with van der Waals surface area (Å²) >= 11 is 7.48. The number of aromatic nitrogens is 2. The van der Waals surface area contributed by atoms with Gasteiger partial charge in [-0.05, 0) is 53.9 Å². The van der Waals surface area contributed by atoms with Crippen molar-refractivity contribution in [1.82, 2.24) is 9.78 Å². The molecule has 0 aliphatic carbocycles. The molecule has 2 heterocycles. The van der Waals surface area contributed by atoms with Crippen molar-refractivity contribution in [3.05, 3.63) is 69.6 Å². The number of nitrogens with one attached hydrogen (secondary N) is 1. The number of carbonyl (C=O) groups is 1. The second kappa shape index (κ2) is 7.26. The normalized spacial score (nSPS) is 11.0. The lowest BCUT2D eigenvalue weighted by atomic mass is 10.3. The summed E-state index contributed by atoms with van der Waals surface area (Å²) in [5.41, 5.74) is 1.53. The lowest BCUT2D eigenvalue weighted by Crippen LogP contribution is -2.19. The van der Waals surface area contributed by atoms with Gasteiger partial charge in [-0.2, -0.15) is 5.10 Å². The number of thiophene rings is 1. The van der Waals surface area contributed by atoms with Crippen molar-refractivity contribution in [3.63, 3.8) is 0 Å². The number of nitrogens with zero attached hydrogens (tertiary/aromatic N) is 2. The van der Waals surface area contributed by atoms with Crippen LogP contribution in [-0.2, 0) is 11.3 Å². The zero-order valence-corrected chi connectivity index (χ0v) is 13.7. The Morgan fingerprint density at radius 3 is 2.78 bits per heavy atom. The highest BCUT2D eigenvalue weighted by atomic mass is 35.5. The number of benzene rings is 1. The van der Waals surface area contributed by atoms with E-state index in [4.69, 9.17) is 11.6 Å². The maximum atomic E-state index is 12.0. The van der Waals surface area contributed by atoms with E-state index in [-0.39, 0.29) is 12.5 Å². The Hall–Kier alpha value is -2.37. The maximum Gasteiger partial charge on any atom is 0.246 e. The molecular weight excluding hydrogens is 330 g/mol. The van der Waals surface area contributed by atoms with Gasteiger partial charge < -0.3 is 5.32 Å². The maximum absolute atomic E-state index is 12.0. The van der Waals surface area contributed by atoms with Crippen LogP contribution < -0.4 is 5.32 Å². The number of amides is 1. The molecule has 2 aromatic heterocycles. The summed E-state index contributed by atoms with van der Waals surface area (Å²) in [7, 11) is 0. The highest BCUT2D eigenvalue weighted by molar-refractivity contribution is 7.10. The molecule has 0 aliphatic heterocycles. The highest BCUT2D eigenvalue weighted by Crippen LogP contribution is 2.14. The topological polar surface area (TPSA) is 46.9 Å². The average molecular weight is 344 g/mol. The molecule has 0 radical (unpaired) electrons. The van der Waals surface area contributed by atoms with E-state index >= 15 is 0 Å². The van der Waals surface area contributed by atoms with E-state index in [1.807, 2.05) is 35.7 Å². The molecule has 0 unspecified atom stereocenters. The second-order valence-corrected chi connectivity index (χ2v) is 6.26. The fourth-order valence-electron chi connectivity index (χ4n) is 1.99. The molecule has 6 heteroatoms. The van der Waals surface area contributed by atoms with Gasteiger partial charge in [0.2, 0.25) is 5.91 Å². The Morgan fingerprint density at radius 1 is 1.22 bits per heavy atom. The Kier molecular flexibility index (Phi) is 4.90. The lowest BCUT2D eigenvalue weighted by molar-refractivity contribution is -0.116. The highest BCUT2D eigenvalue weighted by Gasteiger charge is 2.05. The van der Waals surface area contributed by atoms with Gasteiger partial charge in [-0.25, -0.2) is 0 Å². The van der Waals surface area contributed by atoms with Gasteiger partial charge >= 0.3 is 0 Å². The molecule has 0 aliphatic rings. The van der Waals surface area contributed by atoms with Crippen molar-refractivity contribution < 1.29 is 4.79 Å². The number of carbonyl (C=O) groups excluding carboxylic acids is 1. The van der Waals surface area contributed by atoms with Gasteiger partial charge in [-0.1, -0.05) is 17.7 Å². The number of halogens is 1. The molecule has 116 valence electrons. The smallest absolute Gasteiger partial charge is 0.246 e. The zero-order chi connectivity index (χ0) is 16.1. The molecule has 1 aromatic carbocycles. The largest absolute Gasteiger partial charge is 0.324 e. The first-order chi connectivity index (χ1) is 11.2. The molecule has 23 heavy (non-hydrogen) atoms. The third kappa shape index (κ3) is 4.55. The van der Waals surface area contributed by atoms with Crippen LogP contribution >= 0.6 is 22.9 Å². The van der Waals surface area contributed by atoms with Crippen molar-refractivity contribution in [2.24, 2.45) is 0 Å². The fraction of sp³-hybridized carbons (Fsp3) is 0.0588. The third-order valence-corrected chi connectivity index (χ3v) is 4.15. The Labute approximate surface area is 143 Å². The van der Waals surface area contributed by atoms with E-state index in [2.05, 4.69) is 10.4 Å². The summed E-state index contributed by atoms with van der Waals surface area (Å²) in [5.74, 6) is -0.135. The quantitative estimate of drug-likeness (QED) is 0.746. The van der Waals surface area contributed by atoms with Crippen molar-refractivity contribution >= 4 is 46.7 Å². The van der Waals surface area contributed by atoms with Crippen LogP contribution in [0, 0.1) is 0 Å². The minimum atomic E-state index is -0.135. The second-order valence-electron chi connectivity index (χ2n) is 4.84. The number of anilines is 1. The first kappa shape index (κ1) is 15.5. The van der Waals surface area contributed by atoms with Crippen molar-refractivity contribution in [2.75, 3.05) is 5.32 Å². The van der Waals surface area contributed by atoms with Crippen LogP contribution in [-0.4, -0.2) is 15.7 Å². The van der Waals surface area contributed by atoms with E-state index < -0.39 is 0 Å². The van der Waals surface area contributed by atoms with Gasteiger partial charge in [0, 0.05) is 21.8 Å². The van der Waals surface area contributed by atoms with Crippen molar-refractivity contribution in [1.29, 1.82) is 0 Å². The summed E-state index contributed by atoms with van der Waals surface area (Å²) in [6.07, 6.45) is 5.72. The molecule has 1 amide bonds. The molecule has 4 nitrogen and oxygen atoms in total. The van der Waals surface area contributed by atoms with Gasteiger partial charge in [-0.3, -0.25) is 9.48 Å². The minimum absolute atomic E-state index is 0.135. The Bertz CT molecular complexity index is 807. The first-order valence-electron chi connectivity index (χ1n) is 6.99. The van der Waals surface area contributed by atoms with E-state index in [1.165, 1.54) is 4.88 Å². The molecule has 1 N–H and O–H groups in total. The van der Waals surface area contributed by atoms with E-state index in [1.54, 1.807) is 46.5 Å². The summed E-state index contributed by atoms with van der Waals surface area (Å²) in [6, 6.07) is 12.9. The summed E-state index contributed by atoms with van der Waals surface area (Å²) < 4.78 is 1.61. The third-order valence-electron chi connectivity index (χ3n) is 3.06. The molecule has 0 fully saturated rings. The molecule has 0 saturated carbocycles. The van der Waals surface area contributed by atoms with Crippen LogP contribution in [0.25, 0.3) is 12.2 Å². The predicted octanol–water partition coefficient (Wildman–Crippen LogP) is 4.41. The Morgan fingerprint density at radius 2 is 2.04 bits per heavy atom. The number of hydrogen-bond donors (Lipinski definition) is 1. The predicted molar refractivity (Wildman–Crippen MR) is 95.6 cm³/mol. The Balaban J connectivity index is 1.58. The monoisotopic (exact) mass is 343 g/mol. The van der Waals surface area contributed by atoms with Crippen LogP contribution in [0.1, 0.15) is 10.6 Å². The summed E-state index contributed by atoms with van der Waals surface area (Å²) in [5, 5.41) is 9.83. The van der Waals surface area contributed by atoms with Gasteiger partial charge in [0.25, 0.3) is 0 Å². The van der Waals surface area contributed by atoms with Crippen molar-refractivity contribution in [2.45, 2.75) is 6.54 Å². The van der Waals surface area contributed by atoms with Crippen LogP contribution in [0.15, 0.2) is 54.0 Å². The van der Waals surface area contributed by atoms with Crippen molar-refractivity contribution in [3.8, 4) is 0 Å². The molecule has 0 saturated heterocycles. The number of rotatable bonds is 5. The lowest BCUT2D eigenvalue weighted by Gasteiger charge is -2.05. The van der Waals surface area contributed by atoms with Crippen LogP contribution in [0.5, 0.6) is 0 Å². The van der Waals surface area contributed by atoms with Gasteiger partial charge in [0.1, 0.15) is 6.54 Å². The van der Waals surface area contributed by atoms with Gasteiger partial charge in [-0.15, -0.1) is 11.3 Å². The number of hydrogen-bond acceptors (Lipinski definition) is 3.